The van der Waals surface area contributed by atoms with E-state index in [0.29, 0.717) is 22.5 Å². The van der Waals surface area contributed by atoms with Crippen molar-refractivity contribution in [2.45, 2.75) is 25.8 Å². The molecule has 3 aromatic rings. The van der Waals surface area contributed by atoms with Gasteiger partial charge in [-0.2, -0.15) is 0 Å². The molecule has 1 aromatic carbocycles. The average molecular weight is 405 g/mol. The fourth-order valence-electron chi connectivity index (χ4n) is 3.26. The molecule has 0 fully saturated rings. The molecule has 142 valence electrons. The van der Waals surface area contributed by atoms with Gasteiger partial charge in [-0.05, 0) is 51.7 Å². The number of fused-ring (bicyclic) bond motifs is 2. The maximum atomic E-state index is 13.3. The third-order valence-electron chi connectivity index (χ3n) is 4.60. The molecular weight excluding hydrogens is 384 g/mol. The van der Waals surface area contributed by atoms with E-state index in [2.05, 4.69) is 20.1 Å². The van der Waals surface area contributed by atoms with Gasteiger partial charge in [0.05, 0.1) is 10.2 Å². The summed E-state index contributed by atoms with van der Waals surface area (Å²) in [6.45, 7) is 2.26. The lowest BCUT2D eigenvalue weighted by molar-refractivity contribution is 0.0971. The highest BCUT2D eigenvalue weighted by Gasteiger charge is 2.28. The van der Waals surface area contributed by atoms with Crippen LogP contribution < -0.4 is 4.90 Å². The molecule has 1 aliphatic heterocycles. The lowest BCUT2D eigenvalue weighted by Crippen LogP contribution is -2.35. The number of benzene rings is 1. The van der Waals surface area contributed by atoms with Gasteiger partial charge in [0.25, 0.3) is 5.91 Å². The largest absolute Gasteiger partial charge is 0.309 e. The maximum Gasteiger partial charge on any atom is 0.298 e. The molecule has 7 nitrogen and oxygen atoms in total. The first-order valence-electron chi connectivity index (χ1n) is 8.97. The van der Waals surface area contributed by atoms with Crippen molar-refractivity contribution in [3.05, 3.63) is 34.9 Å². The van der Waals surface area contributed by atoms with E-state index in [1.54, 1.807) is 4.90 Å². The SMILES string of the molecule is CN(C)CCCN(C(=O)c1nnc2n1CCC2)c1nc2ccc(Cl)cc2s1. The van der Waals surface area contributed by atoms with Gasteiger partial charge in [0, 0.05) is 24.5 Å². The van der Waals surface area contributed by atoms with Crippen LogP contribution >= 0.6 is 22.9 Å². The number of rotatable bonds is 6. The Balaban J connectivity index is 1.67. The fraction of sp³-hybridized carbons (Fsp3) is 0.444. The Morgan fingerprint density at radius 3 is 2.96 bits per heavy atom. The molecule has 0 saturated heterocycles. The summed E-state index contributed by atoms with van der Waals surface area (Å²) in [7, 11) is 4.05. The quantitative estimate of drug-likeness (QED) is 0.631. The van der Waals surface area contributed by atoms with Crippen LogP contribution in [0.4, 0.5) is 5.13 Å². The van der Waals surface area contributed by atoms with Crippen LogP contribution in [0.25, 0.3) is 10.2 Å². The first-order chi connectivity index (χ1) is 13.0. The van der Waals surface area contributed by atoms with Crippen LogP contribution in [0, 0.1) is 0 Å². The van der Waals surface area contributed by atoms with Gasteiger partial charge >= 0.3 is 0 Å². The fourth-order valence-corrected chi connectivity index (χ4v) is 4.53. The monoisotopic (exact) mass is 404 g/mol. The maximum absolute atomic E-state index is 13.3. The van der Waals surface area contributed by atoms with Crippen molar-refractivity contribution < 1.29 is 4.79 Å². The number of amides is 1. The number of carbonyl (C=O) groups is 1. The predicted molar refractivity (Wildman–Crippen MR) is 108 cm³/mol. The lowest BCUT2D eigenvalue weighted by Gasteiger charge is -2.20. The average Bonchev–Trinajstić information content (AvgIpc) is 3.32. The van der Waals surface area contributed by atoms with E-state index in [1.807, 2.05) is 36.9 Å². The molecule has 27 heavy (non-hydrogen) atoms. The zero-order valence-electron chi connectivity index (χ0n) is 15.4. The highest BCUT2D eigenvalue weighted by atomic mass is 35.5. The van der Waals surface area contributed by atoms with E-state index in [9.17, 15) is 4.79 Å². The molecule has 0 N–H and O–H groups in total. The van der Waals surface area contributed by atoms with Crippen LogP contribution in [0.2, 0.25) is 5.02 Å². The Hall–Kier alpha value is -2.03. The molecule has 3 heterocycles. The molecule has 1 aliphatic rings. The number of carbonyl (C=O) groups excluding carboxylic acids is 1. The smallest absolute Gasteiger partial charge is 0.298 e. The molecule has 0 aliphatic carbocycles. The number of thiazole rings is 1. The molecule has 2 aromatic heterocycles. The molecule has 0 radical (unpaired) electrons. The summed E-state index contributed by atoms with van der Waals surface area (Å²) >= 11 is 7.58. The van der Waals surface area contributed by atoms with Crippen LogP contribution in [0.1, 0.15) is 29.3 Å². The van der Waals surface area contributed by atoms with Crippen LogP contribution in [-0.4, -0.2) is 57.7 Å². The van der Waals surface area contributed by atoms with E-state index in [-0.39, 0.29) is 5.91 Å². The number of aryl methyl sites for hydroxylation is 1. The second-order valence-corrected chi connectivity index (χ2v) is 8.36. The van der Waals surface area contributed by atoms with Crippen LogP contribution in [0.3, 0.4) is 0 Å². The Morgan fingerprint density at radius 1 is 1.30 bits per heavy atom. The zero-order valence-corrected chi connectivity index (χ0v) is 16.9. The van der Waals surface area contributed by atoms with Gasteiger partial charge in [0.1, 0.15) is 5.82 Å². The summed E-state index contributed by atoms with van der Waals surface area (Å²) in [5.74, 6) is 1.16. The van der Waals surface area contributed by atoms with Gasteiger partial charge < -0.3 is 9.47 Å². The third-order valence-corrected chi connectivity index (χ3v) is 5.88. The first-order valence-corrected chi connectivity index (χ1v) is 10.2. The summed E-state index contributed by atoms with van der Waals surface area (Å²) in [5.41, 5.74) is 0.844. The molecule has 0 bridgehead atoms. The van der Waals surface area contributed by atoms with Gasteiger partial charge in [-0.3, -0.25) is 9.69 Å². The molecule has 0 spiro atoms. The van der Waals surface area contributed by atoms with E-state index in [4.69, 9.17) is 11.6 Å². The van der Waals surface area contributed by atoms with E-state index in [0.717, 1.165) is 48.4 Å². The highest BCUT2D eigenvalue weighted by molar-refractivity contribution is 7.22. The van der Waals surface area contributed by atoms with Crippen molar-refractivity contribution in [3.8, 4) is 0 Å². The van der Waals surface area contributed by atoms with Crippen LogP contribution in [-0.2, 0) is 13.0 Å². The third kappa shape index (κ3) is 3.69. The highest BCUT2D eigenvalue weighted by Crippen LogP contribution is 2.31. The standard InChI is InChI=1S/C18H21ClN6OS/c1-23(2)8-4-10-25(17(26)16-22-21-15-5-3-9-24(15)16)18-20-13-7-6-12(19)11-14(13)27-18/h6-7,11H,3-5,8-10H2,1-2H3. The summed E-state index contributed by atoms with van der Waals surface area (Å²) in [6, 6.07) is 5.58. The second kappa shape index (κ2) is 7.53. The van der Waals surface area contributed by atoms with E-state index < -0.39 is 0 Å². The Morgan fingerprint density at radius 2 is 2.15 bits per heavy atom. The number of hydrogen-bond acceptors (Lipinski definition) is 6. The Labute approximate surface area is 166 Å². The minimum atomic E-state index is -0.139. The molecular formula is C18H21ClN6OS. The predicted octanol–water partition coefficient (Wildman–Crippen LogP) is 3.09. The second-order valence-electron chi connectivity index (χ2n) is 6.92. The normalized spacial score (nSPS) is 13.5. The summed E-state index contributed by atoms with van der Waals surface area (Å²) < 4.78 is 2.90. The van der Waals surface area contributed by atoms with Gasteiger partial charge in [-0.1, -0.05) is 22.9 Å². The number of aromatic nitrogens is 4. The van der Waals surface area contributed by atoms with Crippen molar-refractivity contribution in [2.75, 3.05) is 32.1 Å². The Bertz CT molecular complexity index is 982. The van der Waals surface area contributed by atoms with E-state index >= 15 is 0 Å². The van der Waals surface area contributed by atoms with Crippen LogP contribution in [0.15, 0.2) is 18.2 Å². The topological polar surface area (TPSA) is 67.2 Å². The minimum absolute atomic E-state index is 0.139. The van der Waals surface area contributed by atoms with Crippen LogP contribution in [0.5, 0.6) is 0 Å². The summed E-state index contributed by atoms with van der Waals surface area (Å²) in [4.78, 5) is 21.8. The molecule has 9 heteroatoms. The summed E-state index contributed by atoms with van der Waals surface area (Å²) in [5, 5.41) is 9.68. The molecule has 0 saturated carbocycles. The van der Waals surface area contributed by atoms with Gasteiger partial charge in [0.15, 0.2) is 5.13 Å². The number of halogens is 1. The lowest BCUT2D eigenvalue weighted by atomic mass is 10.3. The first kappa shape index (κ1) is 18.3. The van der Waals surface area contributed by atoms with Crippen molar-refractivity contribution in [1.29, 1.82) is 0 Å². The molecule has 1 amide bonds. The zero-order chi connectivity index (χ0) is 19.0. The van der Waals surface area contributed by atoms with Gasteiger partial charge in [-0.25, -0.2) is 4.98 Å². The minimum Gasteiger partial charge on any atom is -0.309 e. The number of nitrogens with zero attached hydrogens (tertiary/aromatic N) is 6. The van der Waals surface area contributed by atoms with Gasteiger partial charge in [-0.15, -0.1) is 10.2 Å². The van der Waals surface area contributed by atoms with Crippen molar-refractivity contribution in [3.63, 3.8) is 0 Å². The number of anilines is 1. The van der Waals surface area contributed by atoms with Gasteiger partial charge in [0.2, 0.25) is 5.82 Å². The molecule has 0 unspecified atom stereocenters. The van der Waals surface area contributed by atoms with Crippen molar-refractivity contribution in [2.24, 2.45) is 0 Å². The Kier molecular flexibility index (Phi) is 5.12. The molecule has 0 atom stereocenters. The van der Waals surface area contributed by atoms with Crippen molar-refractivity contribution in [1.82, 2.24) is 24.6 Å². The molecule has 4 rings (SSSR count). The van der Waals surface area contributed by atoms with E-state index in [1.165, 1.54) is 11.3 Å². The number of hydrogen-bond donors (Lipinski definition) is 0. The summed E-state index contributed by atoms with van der Waals surface area (Å²) in [6.07, 6.45) is 2.72. The van der Waals surface area contributed by atoms with Crippen molar-refractivity contribution >= 4 is 44.2 Å².